The third-order valence-electron chi connectivity index (χ3n) is 4.09. The zero-order valence-corrected chi connectivity index (χ0v) is 7.73. The normalized spacial score (nSPS) is 45.2. The second-order valence-corrected chi connectivity index (χ2v) is 4.84. The van der Waals surface area contributed by atoms with Gasteiger partial charge in [0.25, 0.3) is 0 Å². The number of rotatable bonds is 0. The molecule has 3 aliphatic rings. The zero-order valence-electron chi connectivity index (χ0n) is 7.73. The van der Waals surface area contributed by atoms with Gasteiger partial charge in [-0.05, 0) is 44.1 Å². The van der Waals surface area contributed by atoms with E-state index in [1.165, 1.54) is 25.7 Å². The smallest absolute Gasteiger partial charge is 0.0686 e. The molecule has 0 unspecified atom stereocenters. The van der Waals surface area contributed by atoms with Gasteiger partial charge in [-0.1, -0.05) is 5.57 Å². The summed E-state index contributed by atoms with van der Waals surface area (Å²) in [5, 5.41) is 0. The van der Waals surface area contributed by atoms with E-state index in [1.54, 1.807) is 11.1 Å². The molecule has 2 fully saturated rings. The summed E-state index contributed by atoms with van der Waals surface area (Å²) in [6, 6.07) is 0. The highest BCUT2D eigenvalue weighted by atomic mass is 16.5. The molecule has 2 aliphatic carbocycles. The van der Waals surface area contributed by atoms with Gasteiger partial charge < -0.3 is 4.74 Å². The van der Waals surface area contributed by atoms with Gasteiger partial charge in [0.1, 0.15) is 0 Å². The lowest BCUT2D eigenvalue weighted by Crippen LogP contribution is -2.23. The summed E-state index contributed by atoms with van der Waals surface area (Å²) in [6.45, 7) is 4.28. The first-order chi connectivity index (χ1) is 5.80. The fraction of sp³-hybridized carbons (Fsp3) is 0.818. The van der Waals surface area contributed by atoms with Crippen molar-refractivity contribution >= 4 is 0 Å². The van der Waals surface area contributed by atoms with Crippen LogP contribution in [-0.4, -0.2) is 13.2 Å². The maximum atomic E-state index is 5.62. The van der Waals surface area contributed by atoms with E-state index in [0.29, 0.717) is 5.41 Å². The van der Waals surface area contributed by atoms with E-state index < -0.39 is 0 Å². The van der Waals surface area contributed by atoms with Crippen molar-refractivity contribution < 1.29 is 4.74 Å². The maximum absolute atomic E-state index is 5.62. The van der Waals surface area contributed by atoms with Crippen LogP contribution in [0.2, 0.25) is 0 Å². The molecule has 0 aromatic carbocycles. The standard InChI is InChI=1S/C11H16O/c1-8-4-9-2-3-11(5-9)7-12-6-10(8)11/h9H,2-7H2,1H3/t9-,11-/m1/s1. The second-order valence-electron chi connectivity index (χ2n) is 4.84. The predicted molar refractivity (Wildman–Crippen MR) is 47.9 cm³/mol. The van der Waals surface area contributed by atoms with Crippen molar-refractivity contribution in [1.82, 2.24) is 0 Å². The number of hydrogen-bond donors (Lipinski definition) is 0. The summed E-state index contributed by atoms with van der Waals surface area (Å²) in [7, 11) is 0. The molecule has 66 valence electrons. The Morgan fingerprint density at radius 2 is 2.42 bits per heavy atom. The van der Waals surface area contributed by atoms with Crippen LogP contribution in [0.3, 0.4) is 0 Å². The van der Waals surface area contributed by atoms with Crippen molar-refractivity contribution in [1.29, 1.82) is 0 Å². The van der Waals surface area contributed by atoms with Crippen molar-refractivity contribution in [2.24, 2.45) is 11.3 Å². The van der Waals surface area contributed by atoms with E-state index in [9.17, 15) is 0 Å². The van der Waals surface area contributed by atoms with Crippen LogP contribution in [0, 0.1) is 11.3 Å². The predicted octanol–water partition coefficient (Wildman–Crippen LogP) is 2.52. The topological polar surface area (TPSA) is 9.23 Å². The molecule has 1 saturated heterocycles. The Kier molecular flexibility index (Phi) is 1.27. The van der Waals surface area contributed by atoms with E-state index in [0.717, 1.165) is 19.1 Å². The summed E-state index contributed by atoms with van der Waals surface area (Å²) in [5.41, 5.74) is 3.87. The first kappa shape index (κ1) is 7.14. The molecular weight excluding hydrogens is 148 g/mol. The Morgan fingerprint density at radius 1 is 1.50 bits per heavy atom. The maximum Gasteiger partial charge on any atom is 0.0686 e. The molecule has 1 heteroatoms. The third kappa shape index (κ3) is 0.731. The summed E-state index contributed by atoms with van der Waals surface area (Å²) in [6.07, 6.45) is 5.65. The second kappa shape index (κ2) is 2.14. The minimum Gasteiger partial charge on any atom is -0.376 e. The number of fused-ring (bicyclic) bond motifs is 1. The molecule has 0 N–H and O–H groups in total. The van der Waals surface area contributed by atoms with Crippen LogP contribution in [0.15, 0.2) is 11.1 Å². The van der Waals surface area contributed by atoms with E-state index in [1.807, 2.05) is 0 Å². The van der Waals surface area contributed by atoms with Gasteiger partial charge >= 0.3 is 0 Å². The molecule has 1 spiro atoms. The van der Waals surface area contributed by atoms with E-state index >= 15 is 0 Å². The molecule has 2 bridgehead atoms. The molecule has 0 aromatic heterocycles. The number of allylic oxidation sites excluding steroid dienone is 1. The van der Waals surface area contributed by atoms with E-state index in [-0.39, 0.29) is 0 Å². The van der Waals surface area contributed by atoms with Gasteiger partial charge in [0, 0.05) is 5.41 Å². The highest BCUT2D eigenvalue weighted by molar-refractivity contribution is 5.30. The molecule has 1 aliphatic heterocycles. The Balaban J connectivity index is 2.11. The van der Waals surface area contributed by atoms with Crippen LogP contribution < -0.4 is 0 Å². The molecule has 1 heterocycles. The summed E-state index contributed by atoms with van der Waals surface area (Å²) in [5.74, 6) is 0.996. The summed E-state index contributed by atoms with van der Waals surface area (Å²) >= 11 is 0. The summed E-state index contributed by atoms with van der Waals surface area (Å²) < 4.78 is 5.62. The monoisotopic (exact) mass is 164 g/mol. The van der Waals surface area contributed by atoms with Gasteiger partial charge in [-0.2, -0.15) is 0 Å². The van der Waals surface area contributed by atoms with Crippen LogP contribution in [-0.2, 0) is 4.74 Å². The van der Waals surface area contributed by atoms with Crippen LogP contribution in [0.4, 0.5) is 0 Å². The first-order valence-electron chi connectivity index (χ1n) is 5.07. The van der Waals surface area contributed by atoms with Crippen molar-refractivity contribution in [3.05, 3.63) is 11.1 Å². The molecule has 3 rings (SSSR count). The Labute approximate surface area is 73.8 Å². The Hall–Kier alpha value is -0.300. The zero-order chi connectivity index (χ0) is 8.18. The minimum atomic E-state index is 0.535. The van der Waals surface area contributed by atoms with Crippen LogP contribution in [0.1, 0.15) is 32.6 Å². The van der Waals surface area contributed by atoms with Gasteiger partial charge in [0.2, 0.25) is 0 Å². The lowest BCUT2D eigenvalue weighted by atomic mass is 9.73. The highest BCUT2D eigenvalue weighted by Gasteiger charge is 2.48. The molecule has 12 heavy (non-hydrogen) atoms. The highest BCUT2D eigenvalue weighted by Crippen LogP contribution is 2.56. The molecule has 1 nitrogen and oxygen atoms in total. The lowest BCUT2D eigenvalue weighted by molar-refractivity contribution is 0.152. The van der Waals surface area contributed by atoms with Gasteiger partial charge in [-0.3, -0.25) is 0 Å². The molecule has 0 aromatic rings. The van der Waals surface area contributed by atoms with Crippen molar-refractivity contribution in [2.45, 2.75) is 32.6 Å². The van der Waals surface area contributed by atoms with Crippen molar-refractivity contribution in [3.63, 3.8) is 0 Å². The SMILES string of the molecule is CC1=C2COC[C@]23CC[C@H](C1)C3. The van der Waals surface area contributed by atoms with Crippen molar-refractivity contribution in [2.75, 3.05) is 13.2 Å². The first-order valence-corrected chi connectivity index (χ1v) is 5.07. The van der Waals surface area contributed by atoms with Gasteiger partial charge in [-0.25, -0.2) is 0 Å². The average molecular weight is 164 g/mol. The molecular formula is C11H16O. The number of ether oxygens (including phenoxy) is 1. The van der Waals surface area contributed by atoms with Gasteiger partial charge in [0.05, 0.1) is 13.2 Å². The third-order valence-corrected chi connectivity index (χ3v) is 4.09. The molecule has 0 amide bonds. The van der Waals surface area contributed by atoms with E-state index in [2.05, 4.69) is 6.92 Å². The Morgan fingerprint density at radius 3 is 3.33 bits per heavy atom. The van der Waals surface area contributed by atoms with Crippen LogP contribution in [0.25, 0.3) is 0 Å². The number of hydrogen-bond acceptors (Lipinski definition) is 1. The lowest BCUT2D eigenvalue weighted by Gasteiger charge is -2.29. The molecule has 2 atom stereocenters. The van der Waals surface area contributed by atoms with Crippen LogP contribution in [0.5, 0.6) is 0 Å². The minimum absolute atomic E-state index is 0.535. The average Bonchev–Trinajstić information content (AvgIpc) is 2.59. The fourth-order valence-electron chi connectivity index (χ4n) is 3.54. The summed E-state index contributed by atoms with van der Waals surface area (Å²) in [4.78, 5) is 0. The molecule has 0 radical (unpaired) electrons. The molecule has 1 saturated carbocycles. The van der Waals surface area contributed by atoms with Crippen LogP contribution >= 0.6 is 0 Å². The van der Waals surface area contributed by atoms with Gasteiger partial charge in [-0.15, -0.1) is 0 Å². The largest absolute Gasteiger partial charge is 0.376 e. The van der Waals surface area contributed by atoms with E-state index in [4.69, 9.17) is 4.74 Å². The fourth-order valence-corrected chi connectivity index (χ4v) is 3.54. The quantitative estimate of drug-likeness (QED) is 0.500. The van der Waals surface area contributed by atoms with Gasteiger partial charge in [0.15, 0.2) is 0 Å². The Bertz CT molecular complexity index is 254. The van der Waals surface area contributed by atoms with Crippen molar-refractivity contribution in [3.8, 4) is 0 Å².